The highest BCUT2D eigenvalue weighted by molar-refractivity contribution is 9.12. The molecule has 0 saturated heterocycles. The number of aryl methyl sites for hydroxylation is 1. The second-order valence-corrected chi connectivity index (χ2v) is 4.81. The monoisotopic (exact) mass is 288 g/mol. The summed E-state index contributed by atoms with van der Waals surface area (Å²) in [5.74, 6) is 2.45. The largest absolute Gasteiger partial charge is 0.297 e. The van der Waals surface area contributed by atoms with Crippen LogP contribution in [0.15, 0.2) is 29.2 Å². The second-order valence-electron chi connectivity index (χ2n) is 2.80. The van der Waals surface area contributed by atoms with Crippen LogP contribution in [-0.4, -0.2) is 15.0 Å². The van der Waals surface area contributed by atoms with E-state index in [-0.39, 0.29) is 11.5 Å². The zero-order valence-corrected chi connectivity index (χ0v) is 10.4. The minimum atomic E-state index is -3.67. The summed E-state index contributed by atoms with van der Waals surface area (Å²) in [4.78, 5) is 2.52. The summed E-state index contributed by atoms with van der Waals surface area (Å²) >= 11 is 2.85. The molecule has 0 saturated carbocycles. The summed E-state index contributed by atoms with van der Waals surface area (Å²) in [5, 5.41) is 0. The highest BCUT2D eigenvalue weighted by atomic mass is 79.9. The van der Waals surface area contributed by atoms with Gasteiger partial charge in [0.05, 0.1) is 4.90 Å². The summed E-state index contributed by atoms with van der Waals surface area (Å²) in [7, 11) is -3.67. The van der Waals surface area contributed by atoms with Gasteiger partial charge in [0.15, 0.2) is 0 Å². The molecule has 0 aromatic heterocycles. The highest BCUT2D eigenvalue weighted by Gasteiger charge is 2.13. The lowest BCUT2D eigenvalue weighted by atomic mass is 10.2. The van der Waals surface area contributed by atoms with E-state index in [4.69, 9.17) is 0 Å². The molecule has 5 heteroatoms. The van der Waals surface area contributed by atoms with E-state index in [2.05, 4.69) is 30.9 Å². The Morgan fingerprint density at radius 3 is 2.47 bits per heavy atom. The lowest BCUT2D eigenvalue weighted by Gasteiger charge is -2.02. The molecule has 15 heavy (non-hydrogen) atoms. The predicted molar refractivity (Wildman–Crippen MR) is 61.0 cm³/mol. The zero-order valence-electron chi connectivity index (χ0n) is 8.03. The molecule has 0 atom stereocenters. The molecule has 0 spiro atoms. The lowest BCUT2D eigenvalue weighted by molar-refractivity contribution is 0.363. The van der Waals surface area contributed by atoms with Crippen LogP contribution in [0.5, 0.6) is 0 Å². The van der Waals surface area contributed by atoms with Crippen molar-refractivity contribution >= 4 is 26.0 Å². The molecule has 0 unspecified atom stereocenters. The van der Waals surface area contributed by atoms with Gasteiger partial charge in [-0.2, -0.15) is 8.42 Å². The molecule has 0 heterocycles. The van der Waals surface area contributed by atoms with E-state index in [1.54, 1.807) is 12.1 Å². The molecule has 0 aliphatic carbocycles. The molecule has 0 aliphatic heterocycles. The normalized spacial score (nSPS) is 10.5. The van der Waals surface area contributed by atoms with E-state index in [1.165, 1.54) is 12.1 Å². The molecule has 3 nitrogen and oxygen atoms in total. The van der Waals surface area contributed by atoms with Crippen molar-refractivity contribution in [2.75, 3.05) is 6.61 Å². The number of hydrogen-bond donors (Lipinski definition) is 0. The van der Waals surface area contributed by atoms with E-state index in [1.807, 2.05) is 6.92 Å². The molecule has 0 aliphatic rings. The molecular weight excluding hydrogens is 280 g/mol. The Hall–Kier alpha value is -0.830. The van der Waals surface area contributed by atoms with Gasteiger partial charge in [-0.15, -0.1) is 0 Å². The number of benzene rings is 1. The van der Waals surface area contributed by atoms with Gasteiger partial charge in [-0.05, 0) is 23.9 Å². The first-order valence-corrected chi connectivity index (χ1v) is 6.31. The molecule has 0 radical (unpaired) electrons. The average Bonchev–Trinajstić information content (AvgIpc) is 2.18. The summed E-state index contributed by atoms with van der Waals surface area (Å²) < 4.78 is 27.7. The van der Waals surface area contributed by atoms with Crippen LogP contribution in [0.25, 0.3) is 0 Å². The fraction of sp³-hybridized carbons (Fsp3) is 0.200. The van der Waals surface area contributed by atoms with E-state index in [9.17, 15) is 8.42 Å². The Kier molecular flexibility index (Phi) is 4.33. The first-order valence-electron chi connectivity index (χ1n) is 4.11. The van der Waals surface area contributed by atoms with Crippen LogP contribution in [-0.2, 0) is 14.3 Å². The van der Waals surface area contributed by atoms with Gasteiger partial charge >= 0.3 is 0 Å². The van der Waals surface area contributed by atoms with Gasteiger partial charge in [-0.1, -0.05) is 23.6 Å². The molecule has 1 aromatic carbocycles. The molecule has 1 rings (SSSR count). The minimum absolute atomic E-state index is 0.143. The third-order valence-corrected chi connectivity index (χ3v) is 3.22. The highest BCUT2D eigenvalue weighted by Crippen LogP contribution is 2.12. The quantitative estimate of drug-likeness (QED) is 0.632. The molecule has 0 bridgehead atoms. The molecule has 80 valence electrons. The van der Waals surface area contributed by atoms with E-state index in [0.717, 1.165) is 5.56 Å². The van der Waals surface area contributed by atoms with Crippen molar-refractivity contribution in [2.45, 2.75) is 11.8 Å². The second kappa shape index (κ2) is 5.31. The Balaban J connectivity index is 2.85. The van der Waals surface area contributed by atoms with Gasteiger partial charge in [0.2, 0.25) is 0 Å². The van der Waals surface area contributed by atoms with Crippen molar-refractivity contribution in [3.05, 3.63) is 29.8 Å². The van der Waals surface area contributed by atoms with E-state index < -0.39 is 10.1 Å². The Labute approximate surface area is 97.7 Å². The van der Waals surface area contributed by atoms with Crippen LogP contribution in [0.2, 0.25) is 0 Å². The number of rotatable bonds is 3. The number of hydrogen-bond acceptors (Lipinski definition) is 3. The third-order valence-electron chi connectivity index (χ3n) is 1.66. The Morgan fingerprint density at radius 2 is 1.93 bits per heavy atom. The van der Waals surface area contributed by atoms with Crippen molar-refractivity contribution in [1.29, 1.82) is 0 Å². The molecule has 1 aromatic rings. The molecule has 0 fully saturated rings. The fourth-order valence-electron chi connectivity index (χ4n) is 0.907. The Morgan fingerprint density at radius 1 is 1.33 bits per heavy atom. The van der Waals surface area contributed by atoms with Crippen molar-refractivity contribution in [3.63, 3.8) is 0 Å². The molecule has 0 N–H and O–H groups in total. The number of halogens is 1. The summed E-state index contributed by atoms with van der Waals surface area (Å²) in [6, 6.07) is 6.44. The van der Waals surface area contributed by atoms with Crippen LogP contribution in [0, 0.1) is 17.7 Å². The summed E-state index contributed by atoms with van der Waals surface area (Å²) in [6.45, 7) is 1.73. The van der Waals surface area contributed by atoms with Crippen LogP contribution in [0.1, 0.15) is 5.56 Å². The van der Waals surface area contributed by atoms with Gasteiger partial charge < -0.3 is 0 Å². The standard InChI is InChI=1S/C10H9BrO3S/c1-9-3-5-10(6-4-9)15(12,13)14-8-2-7-11/h3-6H,8H2,1H3. The van der Waals surface area contributed by atoms with Crippen molar-refractivity contribution in [2.24, 2.45) is 0 Å². The fourth-order valence-corrected chi connectivity index (χ4v) is 1.84. The van der Waals surface area contributed by atoms with Crippen LogP contribution >= 0.6 is 15.9 Å². The van der Waals surface area contributed by atoms with E-state index >= 15 is 0 Å². The van der Waals surface area contributed by atoms with Crippen LogP contribution < -0.4 is 0 Å². The van der Waals surface area contributed by atoms with Gasteiger partial charge in [-0.3, -0.25) is 4.18 Å². The first-order chi connectivity index (χ1) is 7.06. The van der Waals surface area contributed by atoms with Gasteiger partial charge in [-0.25, -0.2) is 0 Å². The average molecular weight is 289 g/mol. The Bertz CT molecular complexity index is 480. The van der Waals surface area contributed by atoms with Gasteiger partial charge in [0, 0.05) is 15.9 Å². The summed E-state index contributed by atoms with van der Waals surface area (Å²) in [5.41, 5.74) is 0.995. The van der Waals surface area contributed by atoms with Gasteiger partial charge in [0.25, 0.3) is 10.1 Å². The van der Waals surface area contributed by atoms with Crippen molar-refractivity contribution < 1.29 is 12.6 Å². The summed E-state index contributed by atoms with van der Waals surface area (Å²) in [6.07, 6.45) is 0. The van der Waals surface area contributed by atoms with E-state index in [0.29, 0.717) is 0 Å². The van der Waals surface area contributed by atoms with Crippen LogP contribution in [0.4, 0.5) is 0 Å². The minimum Gasteiger partial charge on any atom is -0.253 e. The lowest BCUT2D eigenvalue weighted by Crippen LogP contribution is -2.06. The maximum atomic E-state index is 11.5. The molecule has 0 amide bonds. The first kappa shape index (κ1) is 12.2. The topological polar surface area (TPSA) is 43.4 Å². The van der Waals surface area contributed by atoms with Crippen molar-refractivity contribution in [1.82, 2.24) is 0 Å². The SMILES string of the molecule is Cc1ccc(S(=O)(=O)OCC#CBr)cc1. The van der Waals surface area contributed by atoms with Crippen molar-refractivity contribution in [3.8, 4) is 10.8 Å². The maximum Gasteiger partial charge on any atom is 0.297 e. The predicted octanol–water partition coefficient (Wildman–Crippen LogP) is 2.06. The van der Waals surface area contributed by atoms with Crippen LogP contribution in [0.3, 0.4) is 0 Å². The maximum absolute atomic E-state index is 11.5. The van der Waals surface area contributed by atoms with Gasteiger partial charge in [0.1, 0.15) is 6.61 Å². The third kappa shape index (κ3) is 3.67. The zero-order chi connectivity index (χ0) is 11.3. The molecular formula is C10H9BrO3S. The smallest absolute Gasteiger partial charge is 0.253 e.